The second-order valence-corrected chi connectivity index (χ2v) is 9.74. The molecule has 0 saturated heterocycles. The van der Waals surface area contributed by atoms with Crippen LogP contribution in [0, 0.1) is 11.8 Å². The van der Waals surface area contributed by atoms with Crippen LogP contribution in [0.2, 0.25) is 0 Å². The predicted molar refractivity (Wildman–Crippen MR) is 80.9 cm³/mol. The summed E-state index contributed by atoms with van der Waals surface area (Å²) in [6.45, 7) is 0.151. The molecule has 0 bridgehead atoms. The van der Waals surface area contributed by atoms with Crippen LogP contribution in [0.1, 0.15) is 43.4 Å². The first-order chi connectivity index (χ1) is 9.47. The van der Waals surface area contributed by atoms with Gasteiger partial charge >= 0.3 is 0 Å². The first-order valence-corrected chi connectivity index (χ1v) is 10.1. The molecule has 1 heterocycles. The number of hydrogen-bond donors (Lipinski definition) is 1. The lowest BCUT2D eigenvalue weighted by Gasteiger charge is -2.24. The van der Waals surface area contributed by atoms with Gasteiger partial charge in [0.25, 0.3) is 0 Å². The molecule has 2 unspecified atom stereocenters. The Morgan fingerprint density at radius 2 is 2.00 bits per heavy atom. The van der Waals surface area contributed by atoms with Gasteiger partial charge in [-0.2, -0.15) is 0 Å². The fraction of sp³-hybridized carbons (Fsp3) is 0.733. The van der Waals surface area contributed by atoms with Gasteiger partial charge in [0, 0.05) is 16.5 Å². The highest BCUT2D eigenvalue weighted by molar-refractivity contribution is 7.92. The van der Waals surface area contributed by atoms with Crippen LogP contribution in [0.15, 0.2) is 16.3 Å². The van der Waals surface area contributed by atoms with Crippen LogP contribution in [0.4, 0.5) is 0 Å². The number of aliphatic hydroxyl groups is 1. The van der Waals surface area contributed by atoms with E-state index in [1.54, 1.807) is 6.07 Å². The van der Waals surface area contributed by atoms with Crippen molar-refractivity contribution in [2.45, 2.75) is 48.1 Å². The molecule has 0 aromatic carbocycles. The molecule has 3 nitrogen and oxygen atoms in total. The minimum absolute atomic E-state index is 0.143. The van der Waals surface area contributed by atoms with Crippen molar-refractivity contribution in [2.75, 3.05) is 12.9 Å². The van der Waals surface area contributed by atoms with Gasteiger partial charge in [0.1, 0.15) is 4.21 Å². The smallest absolute Gasteiger partial charge is 0.184 e. The molecule has 2 aliphatic rings. The second-order valence-electron chi connectivity index (χ2n) is 6.41. The van der Waals surface area contributed by atoms with Gasteiger partial charge in [-0.25, -0.2) is 8.42 Å². The standard InChI is InChI=1S/C15H22O3S2/c1-20(17,18)14-8-7-13(19-14)15(10-16)9-12(15)11-5-3-2-4-6-11/h7-8,11-12,16H,2-6,9-10H2,1H3. The van der Waals surface area contributed by atoms with Crippen molar-refractivity contribution in [1.82, 2.24) is 0 Å². The van der Waals surface area contributed by atoms with E-state index < -0.39 is 9.84 Å². The van der Waals surface area contributed by atoms with Gasteiger partial charge in [-0.15, -0.1) is 11.3 Å². The van der Waals surface area contributed by atoms with Crippen LogP contribution in [0.3, 0.4) is 0 Å². The van der Waals surface area contributed by atoms with Crippen LogP contribution >= 0.6 is 11.3 Å². The number of aliphatic hydroxyl groups excluding tert-OH is 1. The Morgan fingerprint density at radius 3 is 2.55 bits per heavy atom. The third kappa shape index (κ3) is 2.44. The Labute approximate surface area is 124 Å². The summed E-state index contributed by atoms with van der Waals surface area (Å²) in [7, 11) is -3.13. The Hall–Kier alpha value is -0.390. The largest absolute Gasteiger partial charge is 0.395 e. The maximum atomic E-state index is 11.6. The van der Waals surface area contributed by atoms with Crippen LogP contribution < -0.4 is 0 Å². The van der Waals surface area contributed by atoms with E-state index in [0.717, 1.165) is 17.2 Å². The Balaban J connectivity index is 1.82. The average Bonchev–Trinajstić information content (AvgIpc) is 2.95. The summed E-state index contributed by atoms with van der Waals surface area (Å²) >= 11 is 1.35. The van der Waals surface area contributed by atoms with Gasteiger partial charge in [0.15, 0.2) is 9.84 Å². The minimum atomic E-state index is -3.13. The normalized spacial score (nSPS) is 31.4. The zero-order valence-electron chi connectivity index (χ0n) is 11.8. The summed E-state index contributed by atoms with van der Waals surface area (Å²) < 4.78 is 23.7. The number of thiophene rings is 1. The SMILES string of the molecule is CS(=O)(=O)c1ccc(C2(CO)CC2C2CCCCC2)s1. The van der Waals surface area contributed by atoms with E-state index in [-0.39, 0.29) is 12.0 Å². The molecule has 1 aromatic heterocycles. The average molecular weight is 314 g/mol. The molecule has 1 aromatic rings. The fourth-order valence-corrected chi connectivity index (χ4v) is 6.00. The summed E-state index contributed by atoms with van der Waals surface area (Å²) in [6, 6.07) is 3.61. The Morgan fingerprint density at radius 1 is 1.30 bits per heavy atom. The summed E-state index contributed by atoms with van der Waals surface area (Å²) in [5.74, 6) is 1.28. The lowest BCUT2D eigenvalue weighted by atomic mass is 9.82. The Kier molecular flexibility index (Phi) is 3.72. The van der Waals surface area contributed by atoms with Crippen molar-refractivity contribution in [3.8, 4) is 0 Å². The summed E-state index contributed by atoms with van der Waals surface area (Å²) in [5, 5.41) is 9.88. The number of rotatable bonds is 4. The molecule has 2 aliphatic carbocycles. The highest BCUT2D eigenvalue weighted by atomic mass is 32.2. The molecule has 2 atom stereocenters. The number of hydrogen-bond acceptors (Lipinski definition) is 4. The van der Waals surface area contributed by atoms with Gasteiger partial charge in [0.05, 0.1) is 6.61 Å². The molecule has 5 heteroatoms. The maximum absolute atomic E-state index is 11.6. The minimum Gasteiger partial charge on any atom is -0.395 e. The molecular weight excluding hydrogens is 292 g/mol. The highest BCUT2D eigenvalue weighted by Gasteiger charge is 2.58. The molecule has 2 fully saturated rings. The predicted octanol–water partition coefficient (Wildman–Crippen LogP) is 2.98. The van der Waals surface area contributed by atoms with E-state index in [1.165, 1.54) is 49.7 Å². The molecule has 3 rings (SSSR count). The summed E-state index contributed by atoms with van der Waals surface area (Å²) in [4.78, 5) is 1.07. The van der Waals surface area contributed by atoms with Crippen LogP contribution in [0.5, 0.6) is 0 Å². The van der Waals surface area contributed by atoms with Gasteiger partial charge in [0.2, 0.25) is 0 Å². The molecule has 1 N–H and O–H groups in total. The molecule has 0 aliphatic heterocycles. The van der Waals surface area contributed by atoms with Gasteiger partial charge in [-0.1, -0.05) is 32.1 Å². The van der Waals surface area contributed by atoms with Gasteiger partial charge < -0.3 is 5.11 Å². The highest BCUT2D eigenvalue weighted by Crippen LogP contribution is 2.61. The van der Waals surface area contributed by atoms with Crippen molar-refractivity contribution in [2.24, 2.45) is 11.8 Å². The molecular formula is C15H22O3S2. The van der Waals surface area contributed by atoms with Crippen LogP contribution in [-0.2, 0) is 15.3 Å². The zero-order valence-corrected chi connectivity index (χ0v) is 13.5. The van der Waals surface area contributed by atoms with Crippen molar-refractivity contribution in [3.05, 3.63) is 17.0 Å². The van der Waals surface area contributed by atoms with E-state index >= 15 is 0 Å². The first-order valence-electron chi connectivity index (χ1n) is 7.38. The van der Waals surface area contributed by atoms with E-state index in [2.05, 4.69) is 0 Å². The van der Waals surface area contributed by atoms with Crippen molar-refractivity contribution >= 4 is 21.2 Å². The number of sulfone groups is 1. The van der Waals surface area contributed by atoms with Crippen LogP contribution in [0.25, 0.3) is 0 Å². The molecule has 20 heavy (non-hydrogen) atoms. The van der Waals surface area contributed by atoms with E-state index in [0.29, 0.717) is 10.1 Å². The van der Waals surface area contributed by atoms with Gasteiger partial charge in [-0.3, -0.25) is 0 Å². The van der Waals surface area contributed by atoms with Crippen molar-refractivity contribution in [1.29, 1.82) is 0 Å². The fourth-order valence-electron chi connectivity index (χ4n) is 3.82. The third-order valence-electron chi connectivity index (χ3n) is 5.07. The maximum Gasteiger partial charge on any atom is 0.184 e. The summed E-state index contributed by atoms with van der Waals surface area (Å²) in [5.41, 5.74) is -0.143. The Bertz CT molecular complexity index is 584. The quantitative estimate of drug-likeness (QED) is 0.929. The van der Waals surface area contributed by atoms with Crippen molar-refractivity contribution < 1.29 is 13.5 Å². The van der Waals surface area contributed by atoms with Gasteiger partial charge in [-0.05, 0) is 30.4 Å². The topological polar surface area (TPSA) is 54.4 Å². The van der Waals surface area contributed by atoms with E-state index in [1.807, 2.05) is 6.07 Å². The lowest BCUT2D eigenvalue weighted by molar-refractivity contribution is 0.220. The molecule has 0 spiro atoms. The summed E-state index contributed by atoms with van der Waals surface area (Å²) in [6.07, 6.45) is 8.78. The van der Waals surface area contributed by atoms with Crippen molar-refractivity contribution in [3.63, 3.8) is 0 Å². The second kappa shape index (κ2) is 5.11. The molecule has 112 valence electrons. The third-order valence-corrected chi connectivity index (χ3v) is 8.20. The molecule has 0 amide bonds. The van der Waals surface area contributed by atoms with E-state index in [9.17, 15) is 13.5 Å². The molecule has 0 radical (unpaired) electrons. The molecule has 2 saturated carbocycles. The monoisotopic (exact) mass is 314 g/mol. The van der Waals surface area contributed by atoms with E-state index in [4.69, 9.17) is 0 Å². The zero-order chi connectivity index (χ0) is 14.4. The van der Waals surface area contributed by atoms with Crippen LogP contribution in [-0.4, -0.2) is 26.4 Å². The first kappa shape index (κ1) is 14.5. The lowest BCUT2D eigenvalue weighted by Crippen LogP contribution is -2.20.